The van der Waals surface area contributed by atoms with E-state index >= 15 is 0 Å². The Morgan fingerprint density at radius 1 is 1.30 bits per heavy atom. The summed E-state index contributed by atoms with van der Waals surface area (Å²) in [5.41, 5.74) is 3.03. The van der Waals surface area contributed by atoms with Crippen molar-refractivity contribution in [2.24, 2.45) is 0 Å². The Balaban J connectivity index is 1.78. The van der Waals surface area contributed by atoms with Gasteiger partial charge in [0.25, 0.3) is 5.91 Å². The Hall–Kier alpha value is -3.26. The van der Waals surface area contributed by atoms with Crippen LogP contribution in [0.3, 0.4) is 0 Å². The SMILES string of the molecule is COc1cc(/C=C/C(=O)N2CCC(C)c3ccccc32)ccc1OCC#N. The molecule has 0 bridgehead atoms. The van der Waals surface area contributed by atoms with E-state index in [-0.39, 0.29) is 12.5 Å². The third-order valence-electron chi connectivity index (χ3n) is 4.71. The topological polar surface area (TPSA) is 62.6 Å². The molecule has 0 aliphatic carbocycles. The number of rotatable bonds is 5. The maximum atomic E-state index is 12.8. The highest BCUT2D eigenvalue weighted by Crippen LogP contribution is 2.35. The first-order valence-corrected chi connectivity index (χ1v) is 8.90. The number of anilines is 1. The first kappa shape index (κ1) is 18.5. The molecule has 5 nitrogen and oxygen atoms in total. The van der Waals surface area contributed by atoms with E-state index in [2.05, 4.69) is 13.0 Å². The van der Waals surface area contributed by atoms with Gasteiger partial charge in [-0.1, -0.05) is 31.2 Å². The lowest BCUT2D eigenvalue weighted by molar-refractivity contribution is -0.114. The van der Waals surface area contributed by atoms with Crippen LogP contribution in [0.4, 0.5) is 5.69 Å². The zero-order valence-corrected chi connectivity index (χ0v) is 15.5. The smallest absolute Gasteiger partial charge is 0.250 e. The van der Waals surface area contributed by atoms with Crippen LogP contribution >= 0.6 is 0 Å². The van der Waals surface area contributed by atoms with Crippen LogP contribution in [0, 0.1) is 11.3 Å². The molecule has 1 aliphatic rings. The van der Waals surface area contributed by atoms with E-state index in [1.165, 1.54) is 5.56 Å². The Bertz CT molecular complexity index is 899. The summed E-state index contributed by atoms with van der Waals surface area (Å²) in [4.78, 5) is 14.6. The summed E-state index contributed by atoms with van der Waals surface area (Å²) in [5, 5.41) is 8.63. The Morgan fingerprint density at radius 2 is 2.11 bits per heavy atom. The van der Waals surface area contributed by atoms with E-state index in [1.54, 1.807) is 31.4 Å². The molecule has 0 saturated carbocycles. The van der Waals surface area contributed by atoms with Crippen LogP contribution in [0.25, 0.3) is 6.08 Å². The zero-order valence-electron chi connectivity index (χ0n) is 15.5. The van der Waals surface area contributed by atoms with Crippen LogP contribution in [0.15, 0.2) is 48.5 Å². The molecule has 138 valence electrons. The van der Waals surface area contributed by atoms with Crippen molar-refractivity contribution < 1.29 is 14.3 Å². The first-order valence-electron chi connectivity index (χ1n) is 8.90. The summed E-state index contributed by atoms with van der Waals surface area (Å²) < 4.78 is 10.6. The minimum Gasteiger partial charge on any atom is -0.493 e. The van der Waals surface area contributed by atoms with Crippen molar-refractivity contribution in [3.05, 3.63) is 59.7 Å². The molecule has 1 unspecified atom stereocenters. The minimum absolute atomic E-state index is 0.0434. The molecule has 5 heteroatoms. The van der Waals surface area contributed by atoms with Crippen molar-refractivity contribution in [3.63, 3.8) is 0 Å². The second kappa shape index (κ2) is 8.41. The van der Waals surface area contributed by atoms with E-state index in [9.17, 15) is 4.79 Å². The van der Waals surface area contributed by atoms with E-state index in [1.807, 2.05) is 35.2 Å². The average Bonchev–Trinajstić information content (AvgIpc) is 2.71. The molecule has 1 amide bonds. The minimum atomic E-state index is -0.0448. The van der Waals surface area contributed by atoms with Gasteiger partial charge in [0.2, 0.25) is 0 Å². The standard InChI is InChI=1S/C22H22N2O3/c1-16-11-13-24(19-6-4-3-5-18(16)19)22(25)10-8-17-7-9-20(27-14-12-23)21(15-17)26-2/h3-10,15-16H,11,13-14H2,1-2H3/b10-8+. The lowest BCUT2D eigenvalue weighted by Crippen LogP contribution is -2.35. The molecular weight excluding hydrogens is 340 g/mol. The van der Waals surface area contributed by atoms with Crippen LogP contribution in [-0.4, -0.2) is 26.2 Å². The summed E-state index contributed by atoms with van der Waals surface area (Å²) in [6, 6.07) is 15.3. The van der Waals surface area contributed by atoms with Crippen molar-refractivity contribution in [2.75, 3.05) is 25.2 Å². The third-order valence-corrected chi connectivity index (χ3v) is 4.71. The van der Waals surface area contributed by atoms with Crippen molar-refractivity contribution in [3.8, 4) is 17.6 Å². The molecule has 3 rings (SSSR count). The van der Waals surface area contributed by atoms with Gasteiger partial charge in [0.05, 0.1) is 7.11 Å². The van der Waals surface area contributed by atoms with Crippen molar-refractivity contribution in [1.29, 1.82) is 5.26 Å². The number of fused-ring (bicyclic) bond motifs is 1. The van der Waals surface area contributed by atoms with Gasteiger partial charge in [-0.05, 0) is 47.7 Å². The molecule has 0 saturated heterocycles. The predicted octanol–water partition coefficient (Wildman–Crippen LogP) is 4.15. The molecular formula is C22H22N2O3. The number of nitrogens with zero attached hydrogens (tertiary/aromatic N) is 2. The Morgan fingerprint density at radius 3 is 2.89 bits per heavy atom. The highest BCUT2D eigenvalue weighted by atomic mass is 16.5. The number of hydrogen-bond acceptors (Lipinski definition) is 4. The Labute approximate surface area is 159 Å². The monoisotopic (exact) mass is 362 g/mol. The van der Waals surface area contributed by atoms with E-state index < -0.39 is 0 Å². The first-order chi connectivity index (χ1) is 13.1. The number of methoxy groups -OCH3 is 1. The average molecular weight is 362 g/mol. The maximum absolute atomic E-state index is 12.8. The predicted molar refractivity (Wildman–Crippen MR) is 105 cm³/mol. The molecule has 1 heterocycles. The fourth-order valence-corrected chi connectivity index (χ4v) is 3.25. The summed E-state index contributed by atoms with van der Waals surface area (Å²) in [7, 11) is 1.54. The maximum Gasteiger partial charge on any atom is 0.250 e. The number of ether oxygens (including phenoxy) is 2. The van der Waals surface area contributed by atoms with Crippen molar-refractivity contribution in [2.45, 2.75) is 19.3 Å². The van der Waals surface area contributed by atoms with Gasteiger partial charge < -0.3 is 14.4 Å². The van der Waals surface area contributed by atoms with E-state index in [0.29, 0.717) is 24.0 Å². The number of benzene rings is 2. The van der Waals surface area contributed by atoms with Crippen molar-refractivity contribution >= 4 is 17.7 Å². The number of para-hydroxylation sites is 1. The number of carbonyl (C=O) groups excluding carboxylic acids is 1. The quantitative estimate of drug-likeness (QED) is 0.750. The van der Waals surface area contributed by atoms with Gasteiger partial charge in [0, 0.05) is 18.3 Å². The molecule has 0 aromatic heterocycles. The van der Waals surface area contributed by atoms with E-state index in [4.69, 9.17) is 14.7 Å². The van der Waals surface area contributed by atoms with Crippen LogP contribution < -0.4 is 14.4 Å². The van der Waals surface area contributed by atoms with Gasteiger partial charge in [-0.25, -0.2) is 0 Å². The van der Waals surface area contributed by atoms with E-state index in [0.717, 1.165) is 17.7 Å². The largest absolute Gasteiger partial charge is 0.493 e. The summed E-state index contributed by atoms with van der Waals surface area (Å²) >= 11 is 0. The fourth-order valence-electron chi connectivity index (χ4n) is 3.25. The van der Waals surface area contributed by atoms with Gasteiger partial charge >= 0.3 is 0 Å². The lowest BCUT2D eigenvalue weighted by Gasteiger charge is -2.32. The van der Waals surface area contributed by atoms with Gasteiger partial charge in [-0.3, -0.25) is 4.79 Å². The number of hydrogen-bond donors (Lipinski definition) is 0. The highest BCUT2D eigenvalue weighted by Gasteiger charge is 2.24. The number of amides is 1. The van der Waals surface area contributed by atoms with Gasteiger partial charge in [-0.2, -0.15) is 5.26 Å². The number of carbonyl (C=O) groups is 1. The summed E-state index contributed by atoms with van der Waals surface area (Å²) in [5.74, 6) is 1.44. The molecule has 1 aliphatic heterocycles. The number of nitriles is 1. The van der Waals surface area contributed by atoms with Crippen LogP contribution in [0.2, 0.25) is 0 Å². The molecule has 0 fully saturated rings. The molecule has 1 atom stereocenters. The molecule has 0 N–H and O–H groups in total. The van der Waals surface area contributed by atoms with Crippen LogP contribution in [0.1, 0.15) is 30.4 Å². The summed E-state index contributed by atoms with van der Waals surface area (Å²) in [6.45, 7) is 2.86. The lowest BCUT2D eigenvalue weighted by atomic mass is 9.91. The molecule has 27 heavy (non-hydrogen) atoms. The summed E-state index contributed by atoms with van der Waals surface area (Å²) in [6.07, 6.45) is 4.30. The second-order valence-corrected chi connectivity index (χ2v) is 6.43. The van der Waals surface area contributed by atoms with Crippen LogP contribution in [0.5, 0.6) is 11.5 Å². The van der Waals surface area contributed by atoms with Gasteiger partial charge in [0.15, 0.2) is 18.1 Å². The van der Waals surface area contributed by atoms with Gasteiger partial charge in [-0.15, -0.1) is 0 Å². The molecule has 0 spiro atoms. The Kier molecular flexibility index (Phi) is 5.77. The normalized spacial score (nSPS) is 15.9. The van der Waals surface area contributed by atoms with Gasteiger partial charge in [0.1, 0.15) is 6.07 Å². The zero-order chi connectivity index (χ0) is 19.2. The third kappa shape index (κ3) is 4.12. The molecule has 0 radical (unpaired) electrons. The molecule has 2 aromatic carbocycles. The van der Waals surface area contributed by atoms with Crippen molar-refractivity contribution in [1.82, 2.24) is 0 Å². The fraction of sp³-hybridized carbons (Fsp3) is 0.273. The molecule has 2 aromatic rings. The van der Waals surface area contributed by atoms with Crippen LogP contribution in [-0.2, 0) is 4.79 Å². The highest BCUT2D eigenvalue weighted by molar-refractivity contribution is 6.04. The second-order valence-electron chi connectivity index (χ2n) is 6.43.